The van der Waals surface area contributed by atoms with E-state index in [0.717, 1.165) is 12.5 Å². The molecule has 2 fully saturated rings. The summed E-state index contributed by atoms with van der Waals surface area (Å²) < 4.78 is 45.5. The predicted molar refractivity (Wildman–Crippen MR) is 81.9 cm³/mol. The second-order valence-corrected chi connectivity index (χ2v) is 7.88. The van der Waals surface area contributed by atoms with E-state index >= 15 is 0 Å². The Labute approximate surface area is 134 Å². The monoisotopic (exact) mass is 342 g/mol. The van der Waals surface area contributed by atoms with Gasteiger partial charge in [-0.2, -0.15) is 4.31 Å². The number of halogens is 1. The van der Waals surface area contributed by atoms with Crippen molar-refractivity contribution in [2.24, 2.45) is 11.8 Å². The molecule has 0 unspecified atom stereocenters. The smallest absolute Gasteiger partial charge is 0.246 e. The molecule has 1 N–H and O–H groups in total. The highest BCUT2D eigenvalue weighted by molar-refractivity contribution is 7.89. The van der Waals surface area contributed by atoms with Crippen molar-refractivity contribution in [2.45, 2.75) is 18.2 Å². The quantitative estimate of drug-likeness (QED) is 0.898. The van der Waals surface area contributed by atoms with Crippen molar-refractivity contribution in [2.75, 3.05) is 31.6 Å². The van der Waals surface area contributed by atoms with Crippen molar-refractivity contribution in [3.63, 3.8) is 0 Å². The van der Waals surface area contributed by atoms with Crippen molar-refractivity contribution >= 4 is 21.6 Å². The fourth-order valence-corrected chi connectivity index (χ4v) is 4.13. The number of anilines is 1. The molecule has 1 saturated carbocycles. The lowest BCUT2D eigenvalue weighted by atomic mass is 10.2. The molecule has 0 aromatic heterocycles. The number of sulfonamides is 1. The average Bonchev–Trinajstić information content (AvgIpc) is 3.27. The Morgan fingerprint density at radius 3 is 2.61 bits per heavy atom. The van der Waals surface area contributed by atoms with Crippen molar-refractivity contribution in [3.8, 4) is 0 Å². The number of carbonyl (C=O) groups excluding carboxylic acids is 1. The molecule has 1 saturated heterocycles. The molecule has 23 heavy (non-hydrogen) atoms. The van der Waals surface area contributed by atoms with E-state index in [1.54, 1.807) is 0 Å². The maximum absolute atomic E-state index is 14.0. The van der Waals surface area contributed by atoms with E-state index in [1.165, 1.54) is 16.4 Å². The van der Waals surface area contributed by atoms with Crippen LogP contribution in [0.25, 0.3) is 0 Å². The summed E-state index contributed by atoms with van der Waals surface area (Å²) in [5.74, 6) is -0.681. The Balaban J connectivity index is 1.83. The zero-order valence-electron chi connectivity index (χ0n) is 12.8. The fourth-order valence-electron chi connectivity index (χ4n) is 2.63. The molecule has 126 valence electrons. The first-order valence-corrected chi connectivity index (χ1v) is 9.02. The van der Waals surface area contributed by atoms with Gasteiger partial charge in [0.1, 0.15) is 10.7 Å². The van der Waals surface area contributed by atoms with Gasteiger partial charge in [0, 0.05) is 24.7 Å². The van der Waals surface area contributed by atoms with Crippen LogP contribution in [0.4, 0.5) is 10.1 Å². The van der Waals surface area contributed by atoms with Gasteiger partial charge in [-0.15, -0.1) is 0 Å². The molecule has 1 aliphatic heterocycles. The summed E-state index contributed by atoms with van der Waals surface area (Å²) in [6.07, 6.45) is 0.825. The molecule has 1 amide bonds. The predicted octanol–water partition coefficient (Wildman–Crippen LogP) is 1.44. The van der Waals surface area contributed by atoms with Crippen LogP contribution in [0, 0.1) is 17.7 Å². The highest BCUT2D eigenvalue weighted by Crippen LogP contribution is 2.38. The zero-order chi connectivity index (χ0) is 16.6. The lowest BCUT2D eigenvalue weighted by molar-refractivity contribution is -0.117. The van der Waals surface area contributed by atoms with E-state index in [2.05, 4.69) is 5.32 Å². The first kappa shape index (κ1) is 16.4. The topological polar surface area (TPSA) is 75.7 Å². The van der Waals surface area contributed by atoms with Gasteiger partial charge in [-0.05, 0) is 30.5 Å². The molecule has 1 aromatic rings. The third-order valence-corrected chi connectivity index (χ3v) is 6.15. The molecule has 1 aliphatic carbocycles. The molecule has 1 aromatic carbocycles. The van der Waals surface area contributed by atoms with E-state index < -0.39 is 20.7 Å². The number of rotatable bonds is 4. The Bertz CT molecular complexity index is 716. The van der Waals surface area contributed by atoms with Gasteiger partial charge in [-0.3, -0.25) is 4.79 Å². The summed E-state index contributed by atoms with van der Waals surface area (Å²) >= 11 is 0. The standard InChI is InChI=1S/C15H19FN2O4S/c1-10-8-12(10)15(19)17-11-2-3-13(16)14(9-11)23(20,21)18-4-6-22-7-5-18/h2-3,9-10,12H,4-8H2,1H3,(H,17,19)/t10-,12-/m1/s1. The Morgan fingerprint density at radius 2 is 2.00 bits per heavy atom. The van der Waals surface area contributed by atoms with Crippen LogP contribution >= 0.6 is 0 Å². The number of benzene rings is 1. The van der Waals surface area contributed by atoms with E-state index in [1.807, 2.05) is 6.92 Å². The number of nitrogens with zero attached hydrogens (tertiary/aromatic N) is 1. The first-order valence-electron chi connectivity index (χ1n) is 7.58. The highest BCUT2D eigenvalue weighted by atomic mass is 32.2. The molecule has 0 radical (unpaired) electrons. The number of carbonyl (C=O) groups is 1. The zero-order valence-corrected chi connectivity index (χ0v) is 13.6. The van der Waals surface area contributed by atoms with Gasteiger partial charge < -0.3 is 10.1 Å². The Kier molecular flexibility index (Phi) is 4.39. The van der Waals surface area contributed by atoms with Crippen LogP contribution in [0.3, 0.4) is 0 Å². The molecule has 0 bridgehead atoms. The van der Waals surface area contributed by atoms with Gasteiger partial charge in [0.2, 0.25) is 15.9 Å². The summed E-state index contributed by atoms with van der Waals surface area (Å²) in [6.45, 7) is 2.94. The third-order valence-electron chi connectivity index (χ3n) is 4.23. The minimum absolute atomic E-state index is 0.0423. The molecular weight excluding hydrogens is 323 g/mol. The molecule has 2 aliphatic rings. The second kappa shape index (κ2) is 6.18. The van der Waals surface area contributed by atoms with Gasteiger partial charge in [-0.25, -0.2) is 12.8 Å². The fraction of sp³-hybridized carbons (Fsp3) is 0.533. The van der Waals surface area contributed by atoms with Gasteiger partial charge in [0.15, 0.2) is 0 Å². The highest BCUT2D eigenvalue weighted by Gasteiger charge is 2.39. The van der Waals surface area contributed by atoms with Gasteiger partial charge in [0.25, 0.3) is 0 Å². The first-order chi connectivity index (χ1) is 10.9. The molecule has 6 nitrogen and oxygen atoms in total. The molecule has 2 atom stereocenters. The molecule has 8 heteroatoms. The number of hydrogen-bond donors (Lipinski definition) is 1. The minimum Gasteiger partial charge on any atom is -0.379 e. The third kappa shape index (κ3) is 3.39. The molecule has 3 rings (SSSR count). The summed E-state index contributed by atoms with van der Waals surface area (Å²) in [5, 5.41) is 2.66. The number of morpholine rings is 1. The summed E-state index contributed by atoms with van der Waals surface area (Å²) in [4.78, 5) is 11.5. The second-order valence-electron chi connectivity index (χ2n) is 5.97. The van der Waals surface area contributed by atoms with Crippen LogP contribution in [0.1, 0.15) is 13.3 Å². The lowest BCUT2D eigenvalue weighted by Crippen LogP contribution is -2.40. The van der Waals surface area contributed by atoms with Crippen molar-refractivity contribution in [1.82, 2.24) is 4.31 Å². The van der Waals surface area contributed by atoms with E-state index in [4.69, 9.17) is 4.74 Å². The van der Waals surface area contributed by atoms with Crippen LogP contribution < -0.4 is 5.32 Å². The van der Waals surface area contributed by atoms with Crippen LogP contribution in [-0.2, 0) is 19.6 Å². The minimum atomic E-state index is -3.94. The van der Waals surface area contributed by atoms with Crippen LogP contribution in [0.15, 0.2) is 23.1 Å². The van der Waals surface area contributed by atoms with Crippen molar-refractivity contribution in [1.29, 1.82) is 0 Å². The summed E-state index contributed by atoms with van der Waals surface area (Å²) in [5.41, 5.74) is 0.294. The van der Waals surface area contributed by atoms with Crippen molar-refractivity contribution in [3.05, 3.63) is 24.0 Å². The maximum Gasteiger partial charge on any atom is 0.246 e. The van der Waals surface area contributed by atoms with Gasteiger partial charge >= 0.3 is 0 Å². The van der Waals surface area contributed by atoms with E-state index in [-0.39, 0.29) is 38.1 Å². The summed E-state index contributed by atoms with van der Waals surface area (Å²) in [7, 11) is -3.94. The average molecular weight is 342 g/mol. The summed E-state index contributed by atoms with van der Waals surface area (Å²) in [6, 6.07) is 3.63. The Morgan fingerprint density at radius 1 is 1.35 bits per heavy atom. The van der Waals surface area contributed by atoms with Crippen molar-refractivity contribution < 1.29 is 22.3 Å². The van der Waals surface area contributed by atoms with E-state index in [9.17, 15) is 17.6 Å². The Hall–Kier alpha value is -1.51. The largest absolute Gasteiger partial charge is 0.379 e. The van der Waals surface area contributed by atoms with Crippen LogP contribution in [0.5, 0.6) is 0 Å². The molecule has 0 spiro atoms. The van der Waals surface area contributed by atoms with Crippen LogP contribution in [-0.4, -0.2) is 44.9 Å². The van der Waals surface area contributed by atoms with Gasteiger partial charge in [-0.1, -0.05) is 6.92 Å². The lowest BCUT2D eigenvalue weighted by Gasteiger charge is -2.26. The number of amides is 1. The molecule has 1 heterocycles. The number of nitrogens with one attached hydrogen (secondary N) is 1. The SMILES string of the molecule is C[C@@H]1C[C@H]1C(=O)Nc1ccc(F)c(S(=O)(=O)N2CCOCC2)c1. The normalized spacial score (nSPS) is 25.1. The van der Waals surface area contributed by atoms with Gasteiger partial charge in [0.05, 0.1) is 13.2 Å². The number of ether oxygens (including phenoxy) is 1. The maximum atomic E-state index is 14.0. The molecular formula is C15H19FN2O4S. The number of hydrogen-bond acceptors (Lipinski definition) is 4. The van der Waals surface area contributed by atoms with E-state index in [0.29, 0.717) is 11.6 Å². The van der Waals surface area contributed by atoms with Crippen LogP contribution in [0.2, 0.25) is 0 Å².